The minimum Gasteiger partial charge on any atom is -0.451 e. The molecule has 1 rings (SSSR count). The first kappa shape index (κ1) is 14.0. The summed E-state index contributed by atoms with van der Waals surface area (Å²) in [5.74, 6) is -0.925. The van der Waals surface area contributed by atoms with Gasteiger partial charge in [-0.05, 0) is 13.8 Å². The molecule has 0 unspecified atom stereocenters. The second-order valence-corrected chi connectivity index (χ2v) is 4.03. The highest BCUT2D eigenvalue weighted by atomic mass is 16.5. The molecule has 0 fully saturated rings. The van der Waals surface area contributed by atoms with E-state index in [1.807, 2.05) is 6.92 Å². The fraction of sp³-hybridized carbons (Fsp3) is 0.545. The molecule has 1 aromatic rings. The summed E-state index contributed by atoms with van der Waals surface area (Å²) >= 11 is 0. The molecular formula is C11H18N4O3. The largest absolute Gasteiger partial charge is 0.451 e. The lowest BCUT2D eigenvalue weighted by Crippen LogP contribution is -2.28. The predicted molar refractivity (Wildman–Crippen MR) is 66.0 cm³/mol. The number of carbonyl (C=O) groups is 2. The van der Waals surface area contributed by atoms with E-state index in [0.29, 0.717) is 17.9 Å². The van der Waals surface area contributed by atoms with Gasteiger partial charge in [0.2, 0.25) is 0 Å². The Bertz CT molecular complexity index is 465. The molecule has 100 valence electrons. The average molecular weight is 254 g/mol. The highest BCUT2D eigenvalue weighted by molar-refractivity contribution is 5.95. The molecule has 1 amide bonds. The van der Waals surface area contributed by atoms with Crippen molar-refractivity contribution < 1.29 is 14.3 Å². The number of ether oxygens (including phenoxy) is 1. The molecule has 0 aromatic carbocycles. The Hall–Kier alpha value is -2.05. The van der Waals surface area contributed by atoms with Gasteiger partial charge in [-0.3, -0.25) is 9.48 Å². The molecule has 7 heteroatoms. The van der Waals surface area contributed by atoms with E-state index in [0.717, 1.165) is 0 Å². The lowest BCUT2D eigenvalue weighted by atomic mass is 10.3. The zero-order chi connectivity index (χ0) is 13.9. The molecule has 1 heterocycles. The molecule has 0 atom stereocenters. The number of nitrogen functional groups attached to an aromatic ring is 1. The first-order valence-electron chi connectivity index (χ1n) is 5.58. The normalized spacial score (nSPS) is 10.2. The summed E-state index contributed by atoms with van der Waals surface area (Å²) in [6.45, 7) is 3.75. The van der Waals surface area contributed by atoms with Crippen LogP contribution in [-0.2, 0) is 16.1 Å². The molecule has 7 nitrogen and oxygen atoms in total. The van der Waals surface area contributed by atoms with Crippen LogP contribution >= 0.6 is 0 Å². The van der Waals surface area contributed by atoms with E-state index in [-0.39, 0.29) is 18.2 Å². The van der Waals surface area contributed by atoms with Crippen LogP contribution in [0.25, 0.3) is 0 Å². The molecule has 0 aliphatic rings. The zero-order valence-corrected chi connectivity index (χ0v) is 11.1. The monoisotopic (exact) mass is 254 g/mol. The van der Waals surface area contributed by atoms with Crippen molar-refractivity contribution in [3.8, 4) is 0 Å². The number of anilines is 1. The van der Waals surface area contributed by atoms with Gasteiger partial charge in [-0.2, -0.15) is 5.10 Å². The Morgan fingerprint density at radius 3 is 2.56 bits per heavy atom. The third kappa shape index (κ3) is 2.79. The number of likely N-dealkylation sites (N-methyl/N-ethyl adjacent to an activating group) is 1. The molecule has 18 heavy (non-hydrogen) atoms. The SMILES string of the molecule is CCn1nc(C)c(N)c1C(=O)OCC(=O)N(C)C. The summed E-state index contributed by atoms with van der Waals surface area (Å²) < 4.78 is 6.38. The number of esters is 1. The summed E-state index contributed by atoms with van der Waals surface area (Å²) in [5, 5.41) is 4.11. The minimum atomic E-state index is -0.634. The molecule has 0 saturated heterocycles. The second-order valence-electron chi connectivity index (χ2n) is 4.03. The summed E-state index contributed by atoms with van der Waals surface area (Å²) in [4.78, 5) is 24.5. The minimum absolute atomic E-state index is 0.196. The van der Waals surface area contributed by atoms with Crippen LogP contribution in [0, 0.1) is 6.92 Å². The maximum atomic E-state index is 11.9. The number of nitrogens with zero attached hydrogens (tertiary/aromatic N) is 3. The van der Waals surface area contributed by atoms with E-state index >= 15 is 0 Å². The Morgan fingerprint density at radius 1 is 1.44 bits per heavy atom. The first-order chi connectivity index (χ1) is 8.38. The molecule has 0 aliphatic heterocycles. The van der Waals surface area contributed by atoms with Crippen LogP contribution in [0.2, 0.25) is 0 Å². The van der Waals surface area contributed by atoms with E-state index < -0.39 is 5.97 Å². The number of hydrogen-bond donors (Lipinski definition) is 1. The Labute approximate surface area is 105 Å². The Balaban J connectivity index is 2.82. The van der Waals surface area contributed by atoms with Crippen molar-refractivity contribution >= 4 is 17.6 Å². The van der Waals surface area contributed by atoms with Crippen LogP contribution < -0.4 is 5.73 Å². The number of carbonyl (C=O) groups excluding carboxylic acids is 2. The number of hydrogen-bond acceptors (Lipinski definition) is 5. The van der Waals surface area contributed by atoms with Gasteiger partial charge < -0.3 is 15.4 Å². The van der Waals surface area contributed by atoms with Gasteiger partial charge in [0.1, 0.15) is 0 Å². The molecule has 0 saturated carbocycles. The third-order valence-corrected chi connectivity index (χ3v) is 2.49. The second kappa shape index (κ2) is 5.52. The van der Waals surface area contributed by atoms with E-state index in [9.17, 15) is 9.59 Å². The van der Waals surface area contributed by atoms with E-state index in [2.05, 4.69) is 5.10 Å². The first-order valence-corrected chi connectivity index (χ1v) is 5.58. The third-order valence-electron chi connectivity index (χ3n) is 2.49. The standard InChI is InChI=1S/C11H18N4O3/c1-5-15-10(9(12)7(2)13-15)11(17)18-6-8(16)14(3)4/h5-6,12H2,1-4H3. The van der Waals surface area contributed by atoms with Crippen molar-refractivity contribution in [1.82, 2.24) is 14.7 Å². The maximum absolute atomic E-state index is 11.9. The molecule has 0 aliphatic carbocycles. The van der Waals surface area contributed by atoms with Crippen LogP contribution in [0.15, 0.2) is 0 Å². The van der Waals surface area contributed by atoms with Crippen LogP contribution in [-0.4, -0.2) is 47.3 Å². The number of amides is 1. The smallest absolute Gasteiger partial charge is 0.359 e. The van der Waals surface area contributed by atoms with Gasteiger partial charge in [-0.25, -0.2) is 4.79 Å². The van der Waals surface area contributed by atoms with Gasteiger partial charge in [-0.1, -0.05) is 0 Å². The van der Waals surface area contributed by atoms with Crippen molar-refractivity contribution in [2.45, 2.75) is 20.4 Å². The zero-order valence-electron chi connectivity index (χ0n) is 11.1. The Kier molecular flexibility index (Phi) is 4.30. The van der Waals surface area contributed by atoms with Gasteiger partial charge in [0.15, 0.2) is 12.3 Å². The highest BCUT2D eigenvalue weighted by Crippen LogP contribution is 2.17. The lowest BCUT2D eigenvalue weighted by molar-refractivity contribution is -0.131. The molecule has 1 aromatic heterocycles. The van der Waals surface area contributed by atoms with Gasteiger partial charge in [-0.15, -0.1) is 0 Å². The van der Waals surface area contributed by atoms with Crippen molar-refractivity contribution in [1.29, 1.82) is 0 Å². The van der Waals surface area contributed by atoms with Crippen molar-refractivity contribution in [2.75, 3.05) is 26.4 Å². The van der Waals surface area contributed by atoms with Crippen LogP contribution in [0.4, 0.5) is 5.69 Å². The van der Waals surface area contributed by atoms with Crippen LogP contribution in [0.1, 0.15) is 23.1 Å². The number of rotatable bonds is 4. The highest BCUT2D eigenvalue weighted by Gasteiger charge is 2.21. The van der Waals surface area contributed by atoms with Crippen molar-refractivity contribution in [3.05, 3.63) is 11.4 Å². The predicted octanol–water partition coefficient (Wildman–Crippen LogP) is 0.0386. The van der Waals surface area contributed by atoms with Gasteiger partial charge in [0.25, 0.3) is 5.91 Å². The number of aryl methyl sites for hydroxylation is 2. The quantitative estimate of drug-likeness (QED) is 0.766. The molecule has 0 radical (unpaired) electrons. The molecule has 0 spiro atoms. The van der Waals surface area contributed by atoms with Crippen LogP contribution in [0.3, 0.4) is 0 Å². The molecular weight excluding hydrogens is 236 g/mol. The summed E-state index contributed by atoms with van der Waals surface area (Å²) in [5.41, 5.74) is 6.83. The number of aromatic nitrogens is 2. The molecule has 2 N–H and O–H groups in total. The summed E-state index contributed by atoms with van der Waals surface area (Å²) in [7, 11) is 3.18. The maximum Gasteiger partial charge on any atom is 0.359 e. The van der Waals surface area contributed by atoms with Crippen molar-refractivity contribution in [3.63, 3.8) is 0 Å². The number of nitrogens with two attached hydrogens (primary N) is 1. The van der Waals surface area contributed by atoms with Gasteiger partial charge >= 0.3 is 5.97 Å². The van der Waals surface area contributed by atoms with E-state index in [1.54, 1.807) is 21.0 Å². The topological polar surface area (TPSA) is 90.5 Å². The molecule has 0 bridgehead atoms. The fourth-order valence-corrected chi connectivity index (χ4v) is 1.36. The summed E-state index contributed by atoms with van der Waals surface area (Å²) in [6.07, 6.45) is 0. The van der Waals surface area contributed by atoms with E-state index in [4.69, 9.17) is 10.5 Å². The summed E-state index contributed by atoms with van der Waals surface area (Å²) in [6, 6.07) is 0. The fourth-order valence-electron chi connectivity index (χ4n) is 1.36. The lowest BCUT2D eigenvalue weighted by Gasteiger charge is -2.11. The van der Waals surface area contributed by atoms with Gasteiger partial charge in [0, 0.05) is 20.6 Å². The van der Waals surface area contributed by atoms with Gasteiger partial charge in [0.05, 0.1) is 11.4 Å². The Morgan fingerprint density at radius 2 is 2.06 bits per heavy atom. The average Bonchev–Trinajstić information content (AvgIpc) is 2.61. The van der Waals surface area contributed by atoms with Crippen molar-refractivity contribution in [2.24, 2.45) is 0 Å². The van der Waals surface area contributed by atoms with E-state index in [1.165, 1.54) is 9.58 Å². The van der Waals surface area contributed by atoms with Crippen LogP contribution in [0.5, 0.6) is 0 Å².